The Bertz CT molecular complexity index is 1010. The number of anilines is 1. The first-order chi connectivity index (χ1) is 13.0. The highest BCUT2D eigenvalue weighted by atomic mass is 79.9. The number of nitrogens with zero attached hydrogens (tertiary/aromatic N) is 2. The zero-order valence-electron chi connectivity index (χ0n) is 15.0. The Labute approximate surface area is 170 Å². The third-order valence-electron chi connectivity index (χ3n) is 4.13. The molecule has 140 valence electrons. The predicted molar refractivity (Wildman–Crippen MR) is 112 cm³/mol. The molecule has 1 amide bonds. The SMILES string of the molecule is COc1ccc(-c2n[nH]c(=S)n2CCC(=O)Nc2ccc(Br)cc2C)cc1. The van der Waals surface area contributed by atoms with Crippen molar-refractivity contribution in [3.8, 4) is 17.1 Å². The number of aryl methyl sites for hydroxylation is 1. The van der Waals surface area contributed by atoms with E-state index in [-0.39, 0.29) is 12.3 Å². The number of rotatable bonds is 6. The van der Waals surface area contributed by atoms with Crippen molar-refractivity contribution in [1.82, 2.24) is 14.8 Å². The van der Waals surface area contributed by atoms with Crippen molar-refractivity contribution in [2.75, 3.05) is 12.4 Å². The highest BCUT2D eigenvalue weighted by Gasteiger charge is 2.12. The number of methoxy groups -OCH3 is 1. The fourth-order valence-corrected chi connectivity index (χ4v) is 3.38. The van der Waals surface area contributed by atoms with Gasteiger partial charge in [0, 0.05) is 28.7 Å². The van der Waals surface area contributed by atoms with Crippen molar-refractivity contribution in [3.05, 3.63) is 57.3 Å². The Morgan fingerprint density at radius 3 is 2.70 bits per heavy atom. The maximum absolute atomic E-state index is 12.4. The minimum atomic E-state index is -0.0794. The number of benzene rings is 2. The van der Waals surface area contributed by atoms with Crippen molar-refractivity contribution < 1.29 is 9.53 Å². The van der Waals surface area contributed by atoms with Crippen LogP contribution in [0.15, 0.2) is 46.9 Å². The number of aromatic amines is 1. The van der Waals surface area contributed by atoms with Gasteiger partial charge in [0.1, 0.15) is 5.75 Å². The van der Waals surface area contributed by atoms with Crippen molar-refractivity contribution in [2.24, 2.45) is 0 Å². The van der Waals surface area contributed by atoms with Gasteiger partial charge in [0.2, 0.25) is 5.91 Å². The van der Waals surface area contributed by atoms with Crippen LogP contribution in [-0.4, -0.2) is 27.8 Å². The summed E-state index contributed by atoms with van der Waals surface area (Å²) in [5.74, 6) is 1.38. The first-order valence-corrected chi connectivity index (χ1v) is 9.53. The number of aromatic nitrogens is 3. The maximum Gasteiger partial charge on any atom is 0.226 e. The van der Waals surface area contributed by atoms with Crippen LogP contribution in [-0.2, 0) is 11.3 Å². The molecule has 6 nitrogen and oxygen atoms in total. The number of ether oxygens (including phenoxy) is 1. The lowest BCUT2D eigenvalue weighted by Crippen LogP contribution is -2.15. The van der Waals surface area contributed by atoms with Crippen LogP contribution in [0.25, 0.3) is 11.4 Å². The number of nitrogens with one attached hydrogen (secondary N) is 2. The Morgan fingerprint density at radius 2 is 2.04 bits per heavy atom. The van der Waals surface area contributed by atoms with E-state index in [0.717, 1.165) is 27.0 Å². The molecule has 0 unspecified atom stereocenters. The largest absolute Gasteiger partial charge is 0.497 e. The molecule has 0 aliphatic carbocycles. The fourth-order valence-electron chi connectivity index (χ4n) is 2.68. The smallest absolute Gasteiger partial charge is 0.226 e. The molecule has 0 saturated heterocycles. The van der Waals surface area contributed by atoms with E-state index in [1.807, 2.05) is 54.0 Å². The molecule has 2 N–H and O–H groups in total. The quantitative estimate of drug-likeness (QED) is 0.537. The van der Waals surface area contributed by atoms with E-state index in [0.29, 0.717) is 17.1 Å². The summed E-state index contributed by atoms with van der Waals surface area (Å²) in [6.45, 7) is 2.38. The average molecular weight is 447 g/mol. The van der Waals surface area contributed by atoms with Gasteiger partial charge < -0.3 is 10.1 Å². The van der Waals surface area contributed by atoms with E-state index in [2.05, 4.69) is 31.4 Å². The second kappa shape index (κ2) is 8.49. The number of halogens is 1. The highest BCUT2D eigenvalue weighted by Crippen LogP contribution is 2.22. The lowest BCUT2D eigenvalue weighted by atomic mass is 10.2. The number of hydrogen-bond donors (Lipinski definition) is 2. The van der Waals surface area contributed by atoms with Gasteiger partial charge in [-0.25, -0.2) is 0 Å². The molecule has 0 radical (unpaired) electrons. The number of carbonyl (C=O) groups is 1. The van der Waals surface area contributed by atoms with Crippen molar-refractivity contribution >= 4 is 39.7 Å². The average Bonchev–Trinajstić information content (AvgIpc) is 3.03. The standard InChI is InChI=1S/C19H19BrN4O2S/c1-12-11-14(20)5-8-16(12)21-17(25)9-10-24-18(22-23-19(24)27)13-3-6-15(26-2)7-4-13/h3-8,11H,9-10H2,1-2H3,(H,21,25)(H,23,27). The van der Waals surface area contributed by atoms with Crippen LogP contribution in [0.1, 0.15) is 12.0 Å². The number of carbonyl (C=O) groups excluding carboxylic acids is 1. The molecule has 0 aliphatic rings. The van der Waals surface area contributed by atoms with Crippen LogP contribution < -0.4 is 10.1 Å². The second-order valence-electron chi connectivity index (χ2n) is 5.99. The van der Waals surface area contributed by atoms with Gasteiger partial charge in [0.25, 0.3) is 0 Å². The van der Waals surface area contributed by atoms with Gasteiger partial charge in [-0.2, -0.15) is 5.10 Å². The van der Waals surface area contributed by atoms with Crippen LogP contribution in [0.2, 0.25) is 0 Å². The maximum atomic E-state index is 12.4. The van der Waals surface area contributed by atoms with Gasteiger partial charge in [-0.15, -0.1) is 0 Å². The Balaban J connectivity index is 1.71. The van der Waals surface area contributed by atoms with Crippen LogP contribution in [0.4, 0.5) is 5.69 Å². The normalized spacial score (nSPS) is 10.6. The molecule has 0 saturated carbocycles. The van der Waals surface area contributed by atoms with Gasteiger partial charge in [-0.05, 0) is 67.2 Å². The second-order valence-corrected chi connectivity index (χ2v) is 7.29. The molecule has 27 heavy (non-hydrogen) atoms. The molecule has 2 aromatic carbocycles. The molecule has 0 aliphatic heterocycles. The molecule has 8 heteroatoms. The van der Waals surface area contributed by atoms with Crippen LogP contribution in [0.3, 0.4) is 0 Å². The molecular weight excluding hydrogens is 428 g/mol. The summed E-state index contributed by atoms with van der Waals surface area (Å²) in [6.07, 6.45) is 0.284. The van der Waals surface area contributed by atoms with Crippen LogP contribution in [0.5, 0.6) is 5.75 Å². The molecule has 0 atom stereocenters. The summed E-state index contributed by atoms with van der Waals surface area (Å²) in [5, 5.41) is 10.0. The molecule has 0 fully saturated rings. The predicted octanol–water partition coefficient (Wildman–Crippen LogP) is 4.72. The first-order valence-electron chi connectivity index (χ1n) is 8.33. The highest BCUT2D eigenvalue weighted by molar-refractivity contribution is 9.10. The van der Waals surface area contributed by atoms with Gasteiger partial charge in [0.05, 0.1) is 7.11 Å². The zero-order valence-corrected chi connectivity index (χ0v) is 17.4. The van der Waals surface area contributed by atoms with Gasteiger partial charge in [-0.3, -0.25) is 14.5 Å². The lowest BCUT2D eigenvalue weighted by Gasteiger charge is -2.10. The molecular formula is C19H19BrN4O2S. The van der Waals surface area contributed by atoms with Gasteiger partial charge in [0.15, 0.2) is 10.6 Å². The van der Waals surface area contributed by atoms with E-state index in [4.69, 9.17) is 17.0 Å². The Hall–Kier alpha value is -2.45. The molecule has 1 aromatic heterocycles. The van der Waals surface area contributed by atoms with Crippen molar-refractivity contribution in [2.45, 2.75) is 19.9 Å². The Morgan fingerprint density at radius 1 is 1.30 bits per heavy atom. The molecule has 0 spiro atoms. The topological polar surface area (TPSA) is 71.9 Å². The summed E-state index contributed by atoms with van der Waals surface area (Å²) < 4.78 is 8.46. The summed E-state index contributed by atoms with van der Waals surface area (Å²) in [7, 11) is 1.62. The first kappa shape index (κ1) is 19.3. The van der Waals surface area contributed by atoms with Crippen LogP contribution in [0, 0.1) is 11.7 Å². The monoisotopic (exact) mass is 446 g/mol. The summed E-state index contributed by atoms with van der Waals surface area (Å²) in [4.78, 5) is 12.4. The third kappa shape index (κ3) is 4.64. The van der Waals surface area contributed by atoms with E-state index in [1.54, 1.807) is 7.11 Å². The summed E-state index contributed by atoms with van der Waals surface area (Å²) in [5.41, 5.74) is 2.69. The van der Waals surface area contributed by atoms with E-state index in [1.165, 1.54) is 0 Å². The minimum Gasteiger partial charge on any atom is -0.497 e. The Kier molecular flexibility index (Phi) is 6.08. The van der Waals surface area contributed by atoms with E-state index >= 15 is 0 Å². The number of H-pyrrole nitrogens is 1. The molecule has 3 rings (SSSR count). The third-order valence-corrected chi connectivity index (χ3v) is 4.94. The van der Waals surface area contributed by atoms with Gasteiger partial charge in [-0.1, -0.05) is 15.9 Å². The van der Waals surface area contributed by atoms with E-state index < -0.39 is 0 Å². The molecule has 1 heterocycles. The summed E-state index contributed by atoms with van der Waals surface area (Å²) >= 11 is 8.74. The zero-order chi connectivity index (χ0) is 19.4. The molecule has 3 aromatic rings. The van der Waals surface area contributed by atoms with Crippen molar-refractivity contribution in [1.29, 1.82) is 0 Å². The molecule has 0 bridgehead atoms. The van der Waals surface area contributed by atoms with Crippen molar-refractivity contribution in [3.63, 3.8) is 0 Å². The number of hydrogen-bond acceptors (Lipinski definition) is 4. The summed E-state index contributed by atoms with van der Waals surface area (Å²) in [6, 6.07) is 13.3. The van der Waals surface area contributed by atoms with E-state index in [9.17, 15) is 4.79 Å². The van der Waals surface area contributed by atoms with Gasteiger partial charge >= 0.3 is 0 Å². The minimum absolute atomic E-state index is 0.0794. The number of amides is 1. The van der Waals surface area contributed by atoms with Crippen LogP contribution >= 0.6 is 28.1 Å². The lowest BCUT2D eigenvalue weighted by molar-refractivity contribution is -0.116. The fraction of sp³-hybridized carbons (Fsp3) is 0.211.